The highest BCUT2D eigenvalue weighted by molar-refractivity contribution is 5.74. The first-order chi connectivity index (χ1) is 12.2. The zero-order valence-corrected chi connectivity index (χ0v) is 14.1. The molecule has 3 aromatic rings. The fourth-order valence-electron chi connectivity index (χ4n) is 2.00. The lowest BCUT2D eigenvalue weighted by atomic mass is 10.2. The Morgan fingerprint density at radius 2 is 1.36 bits per heavy atom. The molecule has 0 spiro atoms. The van der Waals surface area contributed by atoms with Crippen LogP contribution in [0.5, 0.6) is 17.2 Å². The maximum Gasteiger partial charge on any atom is 0.150 e. The van der Waals surface area contributed by atoms with Crippen LogP contribution in [-0.4, -0.2) is 13.4 Å². The van der Waals surface area contributed by atoms with Crippen LogP contribution >= 0.6 is 0 Å². The molecule has 0 fully saturated rings. The van der Waals surface area contributed by atoms with Crippen molar-refractivity contribution in [1.82, 2.24) is 0 Å². The highest BCUT2D eigenvalue weighted by Crippen LogP contribution is 2.20. The summed E-state index contributed by atoms with van der Waals surface area (Å²) in [6.07, 6.45) is 0.812. The molecule has 128 valence electrons. The average molecular weight is 335 g/mol. The van der Waals surface area contributed by atoms with E-state index in [1.807, 2.05) is 54.6 Å². The number of benzene rings is 3. The van der Waals surface area contributed by atoms with Crippen LogP contribution in [-0.2, 0) is 6.54 Å². The predicted octanol–water partition coefficient (Wildman–Crippen LogP) is 4.45. The van der Waals surface area contributed by atoms with Gasteiger partial charge in [0.2, 0.25) is 0 Å². The summed E-state index contributed by atoms with van der Waals surface area (Å²) in [5.41, 5.74) is 7.17. The van der Waals surface area contributed by atoms with E-state index >= 15 is 0 Å². The van der Waals surface area contributed by atoms with Gasteiger partial charge in [0.25, 0.3) is 0 Å². The van der Waals surface area contributed by atoms with Crippen molar-refractivity contribution in [3.63, 3.8) is 0 Å². The minimum absolute atomic E-state index is 0.587. The van der Waals surface area contributed by atoms with Crippen LogP contribution in [0.4, 0.5) is 0 Å². The molecule has 0 saturated carbocycles. The molecule has 0 unspecified atom stereocenters. The zero-order valence-electron chi connectivity index (χ0n) is 14.1. The Labute approximate surface area is 147 Å². The molecule has 4 heteroatoms. The first-order valence-electron chi connectivity index (χ1n) is 7.86. The van der Waals surface area contributed by atoms with Crippen LogP contribution in [0.3, 0.4) is 0 Å². The van der Waals surface area contributed by atoms with Crippen molar-refractivity contribution in [1.29, 1.82) is 0 Å². The molecule has 0 aliphatic rings. The van der Waals surface area contributed by atoms with Crippen LogP contribution in [0.15, 0.2) is 78.9 Å². The molecular weight excluding hydrogens is 314 g/mol. The Kier molecular flexibility index (Phi) is 7.22. The molecular formula is C21H21NO3. The number of carbonyl (C=O) groups excluding carboxylic acids is 1. The Hall–Kier alpha value is -3.11. The summed E-state index contributed by atoms with van der Waals surface area (Å²) in [6, 6.07) is 24.2. The van der Waals surface area contributed by atoms with Gasteiger partial charge in [-0.15, -0.1) is 0 Å². The van der Waals surface area contributed by atoms with Crippen molar-refractivity contribution >= 4 is 6.29 Å². The number of nitrogens with two attached hydrogens (primary N) is 1. The molecule has 3 aromatic carbocycles. The molecule has 0 aliphatic heterocycles. The maximum absolute atomic E-state index is 10.4. The highest BCUT2D eigenvalue weighted by atomic mass is 16.5. The van der Waals surface area contributed by atoms with Crippen molar-refractivity contribution in [2.75, 3.05) is 7.11 Å². The van der Waals surface area contributed by atoms with Gasteiger partial charge in [-0.05, 0) is 54.1 Å². The number of methoxy groups -OCH3 is 1. The fourth-order valence-corrected chi connectivity index (χ4v) is 2.00. The Bertz CT molecular complexity index is 730. The number of ether oxygens (including phenoxy) is 2. The second-order valence-corrected chi connectivity index (χ2v) is 5.15. The molecule has 0 saturated heterocycles. The first-order valence-corrected chi connectivity index (χ1v) is 7.86. The van der Waals surface area contributed by atoms with E-state index in [4.69, 9.17) is 15.2 Å². The summed E-state index contributed by atoms with van der Waals surface area (Å²) in [6.45, 7) is 0.587. The van der Waals surface area contributed by atoms with Crippen molar-refractivity contribution in [2.45, 2.75) is 6.54 Å². The van der Waals surface area contributed by atoms with Crippen molar-refractivity contribution in [2.24, 2.45) is 5.73 Å². The van der Waals surface area contributed by atoms with E-state index in [1.165, 1.54) is 0 Å². The summed E-state index contributed by atoms with van der Waals surface area (Å²) in [5.74, 6) is 2.39. The van der Waals surface area contributed by atoms with Gasteiger partial charge in [-0.25, -0.2) is 0 Å². The van der Waals surface area contributed by atoms with E-state index in [-0.39, 0.29) is 0 Å². The normalized spacial score (nSPS) is 9.52. The van der Waals surface area contributed by atoms with Crippen molar-refractivity contribution in [3.8, 4) is 17.2 Å². The van der Waals surface area contributed by atoms with E-state index in [2.05, 4.69) is 0 Å². The lowest BCUT2D eigenvalue weighted by molar-refractivity contribution is 0.112. The van der Waals surface area contributed by atoms with Gasteiger partial charge < -0.3 is 15.2 Å². The molecule has 0 radical (unpaired) electrons. The fraction of sp³-hybridized carbons (Fsp3) is 0.0952. The Morgan fingerprint density at radius 3 is 1.88 bits per heavy atom. The minimum atomic E-state index is 0.587. The largest absolute Gasteiger partial charge is 0.497 e. The maximum atomic E-state index is 10.4. The summed E-state index contributed by atoms with van der Waals surface area (Å²) >= 11 is 0. The monoisotopic (exact) mass is 335 g/mol. The molecule has 0 bridgehead atoms. The number of rotatable bonds is 5. The second-order valence-electron chi connectivity index (χ2n) is 5.15. The first kappa shape index (κ1) is 18.2. The lowest BCUT2D eigenvalue weighted by Gasteiger charge is -2.04. The standard InChI is InChI=1S/C13H10O2.C8H11NO/c14-10-11-6-8-13(9-7-11)15-12-4-2-1-3-5-12;1-10-8-4-2-7(6-9)3-5-8/h1-10H;2-5H,6,9H2,1H3. The molecule has 2 N–H and O–H groups in total. The minimum Gasteiger partial charge on any atom is -0.497 e. The molecule has 0 amide bonds. The Morgan fingerprint density at radius 1 is 0.800 bits per heavy atom. The van der Waals surface area contributed by atoms with Crippen LogP contribution < -0.4 is 15.2 Å². The summed E-state index contributed by atoms with van der Waals surface area (Å²) in [4.78, 5) is 10.4. The zero-order chi connectivity index (χ0) is 17.9. The van der Waals surface area contributed by atoms with Gasteiger partial charge >= 0.3 is 0 Å². The topological polar surface area (TPSA) is 61.5 Å². The third-order valence-electron chi connectivity index (χ3n) is 3.39. The smallest absolute Gasteiger partial charge is 0.150 e. The predicted molar refractivity (Wildman–Crippen MR) is 99.2 cm³/mol. The molecule has 0 aromatic heterocycles. The van der Waals surface area contributed by atoms with E-state index in [1.54, 1.807) is 31.4 Å². The third-order valence-corrected chi connectivity index (χ3v) is 3.39. The van der Waals surface area contributed by atoms with Gasteiger partial charge in [0.1, 0.15) is 23.5 Å². The third kappa shape index (κ3) is 6.12. The lowest BCUT2D eigenvalue weighted by Crippen LogP contribution is -1.95. The van der Waals surface area contributed by atoms with Crippen LogP contribution in [0.2, 0.25) is 0 Å². The number of hydrogen-bond donors (Lipinski definition) is 1. The van der Waals surface area contributed by atoms with Crippen molar-refractivity contribution < 1.29 is 14.3 Å². The number of para-hydroxylation sites is 1. The van der Waals surface area contributed by atoms with Gasteiger partial charge in [-0.1, -0.05) is 30.3 Å². The molecule has 0 atom stereocenters. The van der Waals surface area contributed by atoms with Gasteiger partial charge in [-0.2, -0.15) is 0 Å². The van der Waals surface area contributed by atoms with Gasteiger partial charge in [0.15, 0.2) is 0 Å². The summed E-state index contributed by atoms with van der Waals surface area (Å²) < 4.78 is 10.5. The van der Waals surface area contributed by atoms with Crippen molar-refractivity contribution in [3.05, 3.63) is 90.0 Å². The number of hydrogen-bond acceptors (Lipinski definition) is 4. The Balaban J connectivity index is 0.000000196. The van der Waals surface area contributed by atoms with E-state index in [9.17, 15) is 4.79 Å². The van der Waals surface area contributed by atoms with Crippen LogP contribution in [0.25, 0.3) is 0 Å². The highest BCUT2D eigenvalue weighted by Gasteiger charge is 1.96. The SMILES string of the molecule is COc1ccc(CN)cc1.O=Cc1ccc(Oc2ccccc2)cc1. The molecule has 4 nitrogen and oxygen atoms in total. The van der Waals surface area contributed by atoms with Gasteiger partial charge in [0.05, 0.1) is 7.11 Å². The number of carbonyl (C=O) groups is 1. The molecule has 0 aliphatic carbocycles. The molecule has 0 heterocycles. The van der Waals surface area contributed by atoms with Crippen LogP contribution in [0, 0.1) is 0 Å². The second kappa shape index (κ2) is 9.90. The summed E-state index contributed by atoms with van der Waals surface area (Å²) in [7, 11) is 1.65. The van der Waals surface area contributed by atoms with Gasteiger partial charge in [0, 0.05) is 12.1 Å². The van der Waals surface area contributed by atoms with Gasteiger partial charge in [-0.3, -0.25) is 4.79 Å². The van der Waals surface area contributed by atoms with E-state index in [0.29, 0.717) is 12.1 Å². The summed E-state index contributed by atoms with van der Waals surface area (Å²) in [5, 5.41) is 0. The molecule has 3 rings (SSSR count). The van der Waals surface area contributed by atoms with Crippen LogP contribution in [0.1, 0.15) is 15.9 Å². The number of aldehydes is 1. The quantitative estimate of drug-likeness (QED) is 0.700. The average Bonchev–Trinajstić information content (AvgIpc) is 2.70. The van der Waals surface area contributed by atoms with E-state index in [0.717, 1.165) is 29.1 Å². The van der Waals surface area contributed by atoms with E-state index < -0.39 is 0 Å². The molecule has 25 heavy (non-hydrogen) atoms.